The predicted octanol–water partition coefficient (Wildman–Crippen LogP) is 5.89. The number of aryl methyl sites for hydroxylation is 2. The van der Waals surface area contributed by atoms with Gasteiger partial charge in [0.1, 0.15) is 6.23 Å². The van der Waals surface area contributed by atoms with E-state index in [9.17, 15) is 5.11 Å². The standard InChI is InChI=1S/C31H43NO3Si/c1-24-19-20-25(2)32(24)30(33)23-27-14-12-13-26(35-27)21-22-34-36(31(3,4)5,28-15-8-6-9-16-28)29-17-10-7-11-18-29/h6-11,15-20,26-27,30,33H,12-14,21-23H2,1-5H3/t26-,27+,30?/m0/s1. The predicted molar refractivity (Wildman–Crippen MR) is 150 cm³/mol. The Labute approximate surface area is 218 Å². The van der Waals surface area contributed by atoms with Crippen LogP contribution in [0.4, 0.5) is 0 Å². The third-order valence-electron chi connectivity index (χ3n) is 7.71. The van der Waals surface area contributed by atoms with Crippen LogP contribution in [0.25, 0.3) is 0 Å². The van der Waals surface area contributed by atoms with E-state index in [4.69, 9.17) is 9.16 Å². The molecule has 194 valence electrons. The Kier molecular flexibility index (Phi) is 8.56. The number of benzene rings is 2. The maximum Gasteiger partial charge on any atom is 0.261 e. The van der Waals surface area contributed by atoms with E-state index in [2.05, 4.69) is 93.6 Å². The smallest absolute Gasteiger partial charge is 0.261 e. The van der Waals surface area contributed by atoms with Gasteiger partial charge in [-0.05, 0) is 67.1 Å². The van der Waals surface area contributed by atoms with Crippen molar-refractivity contribution in [3.63, 3.8) is 0 Å². The maximum atomic E-state index is 10.9. The molecule has 0 spiro atoms. The quantitative estimate of drug-likeness (QED) is 0.369. The number of hydrogen-bond donors (Lipinski definition) is 1. The average molecular weight is 506 g/mol. The number of aliphatic hydroxyl groups excluding tert-OH is 1. The highest BCUT2D eigenvalue weighted by atomic mass is 28.4. The van der Waals surface area contributed by atoms with Gasteiger partial charge in [-0.15, -0.1) is 0 Å². The molecule has 0 amide bonds. The SMILES string of the molecule is Cc1ccc(C)n1C(O)C[C@H]1CCC[C@@H](CCO[Si](c2ccccc2)(c2ccccc2)C(C)(C)C)O1. The van der Waals surface area contributed by atoms with Gasteiger partial charge in [-0.3, -0.25) is 0 Å². The zero-order chi connectivity index (χ0) is 25.8. The highest BCUT2D eigenvalue weighted by Gasteiger charge is 2.50. The fraction of sp³-hybridized carbons (Fsp3) is 0.484. The highest BCUT2D eigenvalue weighted by Crippen LogP contribution is 2.37. The molecule has 36 heavy (non-hydrogen) atoms. The molecule has 1 saturated heterocycles. The topological polar surface area (TPSA) is 43.6 Å². The van der Waals surface area contributed by atoms with E-state index in [1.807, 2.05) is 18.4 Å². The molecule has 2 heterocycles. The first kappa shape index (κ1) is 26.9. The lowest BCUT2D eigenvalue weighted by Crippen LogP contribution is -2.66. The van der Waals surface area contributed by atoms with Crippen molar-refractivity contribution in [3.8, 4) is 0 Å². The number of hydrogen-bond acceptors (Lipinski definition) is 3. The van der Waals surface area contributed by atoms with Gasteiger partial charge in [-0.25, -0.2) is 0 Å². The van der Waals surface area contributed by atoms with Crippen molar-refractivity contribution in [1.82, 2.24) is 4.57 Å². The van der Waals surface area contributed by atoms with Crippen molar-refractivity contribution in [2.45, 2.75) is 90.2 Å². The Bertz CT molecular complexity index is 1030. The summed E-state index contributed by atoms with van der Waals surface area (Å²) < 4.78 is 15.6. The van der Waals surface area contributed by atoms with Crippen LogP contribution in [-0.2, 0) is 9.16 Å². The van der Waals surface area contributed by atoms with E-state index in [-0.39, 0.29) is 17.2 Å². The molecular weight excluding hydrogens is 462 g/mol. The Morgan fingerprint density at radius 1 is 0.889 bits per heavy atom. The second kappa shape index (κ2) is 11.5. The molecular formula is C31H43NO3Si. The van der Waals surface area contributed by atoms with Gasteiger partial charge in [0, 0.05) is 24.4 Å². The van der Waals surface area contributed by atoms with Gasteiger partial charge in [0.2, 0.25) is 0 Å². The minimum absolute atomic E-state index is 0.0255. The summed E-state index contributed by atoms with van der Waals surface area (Å²) >= 11 is 0. The molecule has 0 saturated carbocycles. The van der Waals surface area contributed by atoms with Crippen LogP contribution in [0.15, 0.2) is 72.8 Å². The van der Waals surface area contributed by atoms with Crippen molar-refractivity contribution in [1.29, 1.82) is 0 Å². The molecule has 1 N–H and O–H groups in total. The summed E-state index contributed by atoms with van der Waals surface area (Å²) in [6, 6.07) is 25.8. The molecule has 3 atom stereocenters. The first-order valence-electron chi connectivity index (χ1n) is 13.5. The van der Waals surface area contributed by atoms with E-state index in [1.54, 1.807) is 0 Å². The molecule has 1 aliphatic heterocycles. The summed E-state index contributed by atoms with van der Waals surface area (Å²) in [6.07, 6.45) is 4.39. The van der Waals surface area contributed by atoms with Crippen LogP contribution < -0.4 is 10.4 Å². The summed E-state index contributed by atoms with van der Waals surface area (Å²) in [5.74, 6) is 0. The largest absolute Gasteiger partial charge is 0.407 e. The fourth-order valence-corrected chi connectivity index (χ4v) is 10.5. The molecule has 3 aromatic rings. The molecule has 2 aromatic carbocycles. The normalized spacial score (nSPS) is 19.8. The number of aromatic nitrogens is 1. The molecule has 1 fully saturated rings. The molecule has 1 aliphatic rings. The van der Waals surface area contributed by atoms with E-state index >= 15 is 0 Å². The van der Waals surface area contributed by atoms with Gasteiger partial charge in [0.25, 0.3) is 8.32 Å². The zero-order valence-electron chi connectivity index (χ0n) is 22.6. The third-order valence-corrected chi connectivity index (χ3v) is 12.8. The van der Waals surface area contributed by atoms with E-state index in [0.717, 1.165) is 37.1 Å². The van der Waals surface area contributed by atoms with Crippen molar-refractivity contribution >= 4 is 18.7 Å². The Hall–Kier alpha value is -2.18. The van der Waals surface area contributed by atoms with Crippen molar-refractivity contribution in [2.75, 3.05) is 6.61 Å². The summed E-state index contributed by atoms with van der Waals surface area (Å²) in [4.78, 5) is 0. The second-order valence-electron chi connectivity index (χ2n) is 11.3. The monoisotopic (exact) mass is 505 g/mol. The summed E-state index contributed by atoms with van der Waals surface area (Å²) in [5, 5.41) is 13.5. The number of ether oxygens (including phenoxy) is 1. The van der Waals surface area contributed by atoms with Crippen LogP contribution in [0.3, 0.4) is 0 Å². The van der Waals surface area contributed by atoms with Crippen LogP contribution in [0.2, 0.25) is 5.04 Å². The zero-order valence-corrected chi connectivity index (χ0v) is 23.6. The summed E-state index contributed by atoms with van der Waals surface area (Å²) in [7, 11) is -2.52. The van der Waals surface area contributed by atoms with Crippen molar-refractivity contribution < 1.29 is 14.3 Å². The lowest BCUT2D eigenvalue weighted by atomic mass is 10.00. The van der Waals surface area contributed by atoms with Crippen LogP contribution in [0.1, 0.15) is 70.5 Å². The fourth-order valence-electron chi connectivity index (χ4n) is 5.96. The Morgan fingerprint density at radius 2 is 1.42 bits per heavy atom. The van der Waals surface area contributed by atoms with Crippen LogP contribution in [0, 0.1) is 13.8 Å². The number of aliphatic hydroxyl groups is 1. The lowest BCUT2D eigenvalue weighted by molar-refractivity contribution is -0.0843. The first-order chi connectivity index (χ1) is 17.2. The number of rotatable bonds is 9. The van der Waals surface area contributed by atoms with Gasteiger partial charge in [-0.2, -0.15) is 0 Å². The molecule has 1 aromatic heterocycles. The third kappa shape index (κ3) is 5.70. The van der Waals surface area contributed by atoms with Crippen LogP contribution in [0.5, 0.6) is 0 Å². The van der Waals surface area contributed by atoms with E-state index in [1.165, 1.54) is 10.4 Å². The summed E-state index contributed by atoms with van der Waals surface area (Å²) in [6.45, 7) is 11.7. The van der Waals surface area contributed by atoms with Gasteiger partial charge in [0.15, 0.2) is 0 Å². The molecule has 5 heteroatoms. The Balaban J connectivity index is 1.45. The summed E-state index contributed by atoms with van der Waals surface area (Å²) in [5.41, 5.74) is 2.18. The Morgan fingerprint density at radius 3 is 1.94 bits per heavy atom. The molecule has 1 unspecified atom stereocenters. The molecule has 0 bridgehead atoms. The van der Waals surface area contributed by atoms with Gasteiger partial charge in [0.05, 0.1) is 12.2 Å². The molecule has 0 radical (unpaired) electrons. The van der Waals surface area contributed by atoms with Gasteiger partial charge in [-0.1, -0.05) is 81.4 Å². The lowest BCUT2D eigenvalue weighted by Gasteiger charge is -2.43. The van der Waals surface area contributed by atoms with Gasteiger partial charge >= 0.3 is 0 Å². The van der Waals surface area contributed by atoms with Crippen molar-refractivity contribution in [2.24, 2.45) is 0 Å². The van der Waals surface area contributed by atoms with E-state index < -0.39 is 14.5 Å². The average Bonchev–Trinajstić information content (AvgIpc) is 3.20. The van der Waals surface area contributed by atoms with Crippen LogP contribution in [-0.4, -0.2) is 36.8 Å². The molecule has 4 rings (SSSR count). The minimum Gasteiger partial charge on any atom is -0.407 e. The first-order valence-corrected chi connectivity index (χ1v) is 15.4. The highest BCUT2D eigenvalue weighted by molar-refractivity contribution is 6.99. The maximum absolute atomic E-state index is 10.9. The van der Waals surface area contributed by atoms with Crippen molar-refractivity contribution in [3.05, 3.63) is 84.2 Å². The van der Waals surface area contributed by atoms with Gasteiger partial charge < -0.3 is 18.8 Å². The van der Waals surface area contributed by atoms with E-state index in [0.29, 0.717) is 13.0 Å². The second-order valence-corrected chi connectivity index (χ2v) is 15.6. The van der Waals surface area contributed by atoms with Crippen LogP contribution >= 0.6 is 0 Å². The molecule has 0 aliphatic carbocycles. The number of nitrogens with zero attached hydrogens (tertiary/aromatic N) is 1. The molecule has 4 nitrogen and oxygen atoms in total. The minimum atomic E-state index is -2.52.